The lowest BCUT2D eigenvalue weighted by atomic mass is 9.70. The van der Waals surface area contributed by atoms with Gasteiger partial charge >= 0.3 is 7.12 Å². The van der Waals surface area contributed by atoms with Crippen molar-refractivity contribution < 1.29 is 9.31 Å². The third kappa shape index (κ3) is 2.27. The van der Waals surface area contributed by atoms with Gasteiger partial charge in [-0.05, 0) is 73.2 Å². The average Bonchev–Trinajstić information content (AvgIpc) is 3.39. The van der Waals surface area contributed by atoms with Crippen molar-refractivity contribution in [3.8, 4) is 22.3 Å². The molecular formula is C29H25BN2O2. The van der Waals surface area contributed by atoms with Gasteiger partial charge in [0.1, 0.15) is 0 Å². The molecule has 1 aliphatic heterocycles. The minimum absolute atomic E-state index is 0.415. The molecule has 2 aromatic carbocycles. The number of rotatable bonds is 1. The van der Waals surface area contributed by atoms with E-state index >= 15 is 0 Å². The van der Waals surface area contributed by atoms with Gasteiger partial charge in [0.05, 0.1) is 22.2 Å². The molecule has 2 aliphatic carbocycles. The van der Waals surface area contributed by atoms with Gasteiger partial charge in [0.15, 0.2) is 0 Å². The fraction of sp³-hybridized carbons (Fsp3) is 0.241. The molecule has 0 radical (unpaired) electrons. The predicted molar refractivity (Wildman–Crippen MR) is 134 cm³/mol. The summed E-state index contributed by atoms with van der Waals surface area (Å²) in [5, 5.41) is 0. The Kier molecular flexibility index (Phi) is 3.81. The van der Waals surface area contributed by atoms with Crippen LogP contribution in [0.3, 0.4) is 0 Å². The van der Waals surface area contributed by atoms with Crippen molar-refractivity contribution in [2.75, 3.05) is 0 Å². The molecule has 0 N–H and O–H groups in total. The number of pyridine rings is 2. The van der Waals surface area contributed by atoms with Crippen molar-refractivity contribution in [1.82, 2.24) is 9.97 Å². The van der Waals surface area contributed by atoms with E-state index in [1.54, 1.807) is 0 Å². The zero-order chi connectivity index (χ0) is 23.3. The summed E-state index contributed by atoms with van der Waals surface area (Å²) < 4.78 is 13.0. The van der Waals surface area contributed by atoms with Crippen LogP contribution < -0.4 is 5.59 Å². The molecule has 4 aromatic rings. The SMILES string of the molecule is CC1(C)OB(c2nccc3c2-c2cnccc2C32c3ccccc3-c3ccccc32)OC1(C)C. The maximum absolute atomic E-state index is 6.48. The molecular weight excluding hydrogens is 419 g/mol. The largest absolute Gasteiger partial charge is 0.515 e. The summed E-state index contributed by atoms with van der Waals surface area (Å²) in [6.07, 6.45) is 5.78. The van der Waals surface area contributed by atoms with E-state index in [0.29, 0.717) is 0 Å². The standard InChI is InChI=1S/C29H25BN2O2/c1-27(2)28(3,4)34-30(33-27)26-25-20-17-31-15-13-23(20)29(24(25)14-16-32-26)21-11-7-5-9-18(21)19-10-6-8-12-22(19)29/h5-17H,1-4H3. The van der Waals surface area contributed by atoms with Crippen molar-refractivity contribution in [3.05, 3.63) is 102 Å². The number of hydrogen-bond acceptors (Lipinski definition) is 4. The Balaban J connectivity index is 1.57. The van der Waals surface area contributed by atoms with Crippen molar-refractivity contribution in [1.29, 1.82) is 0 Å². The molecule has 0 amide bonds. The van der Waals surface area contributed by atoms with Gasteiger partial charge in [0, 0.05) is 29.7 Å². The topological polar surface area (TPSA) is 44.2 Å². The summed E-state index contributed by atoms with van der Waals surface area (Å²) in [6.45, 7) is 8.32. The third-order valence-electron chi connectivity index (χ3n) is 8.31. The van der Waals surface area contributed by atoms with Gasteiger partial charge in [-0.1, -0.05) is 48.5 Å². The molecule has 2 aromatic heterocycles. The van der Waals surface area contributed by atoms with Crippen LogP contribution in [0.4, 0.5) is 0 Å². The first-order chi connectivity index (χ1) is 16.4. The van der Waals surface area contributed by atoms with Crippen molar-refractivity contribution >= 4 is 12.7 Å². The molecule has 1 saturated heterocycles. The van der Waals surface area contributed by atoms with E-state index in [1.807, 2.05) is 18.6 Å². The summed E-state index contributed by atoms with van der Waals surface area (Å²) in [4.78, 5) is 9.39. The van der Waals surface area contributed by atoms with E-state index in [-0.39, 0.29) is 0 Å². The smallest absolute Gasteiger partial charge is 0.398 e. The Morgan fingerprint density at radius 3 is 1.85 bits per heavy atom. The summed E-state index contributed by atoms with van der Waals surface area (Å²) in [7, 11) is -0.546. The third-order valence-corrected chi connectivity index (χ3v) is 8.31. The maximum Gasteiger partial charge on any atom is 0.515 e. The first-order valence-corrected chi connectivity index (χ1v) is 11.9. The van der Waals surface area contributed by atoms with E-state index in [1.165, 1.54) is 33.4 Å². The molecule has 3 heterocycles. The fourth-order valence-corrected chi connectivity index (χ4v) is 6.09. The van der Waals surface area contributed by atoms with Gasteiger partial charge in [-0.2, -0.15) is 0 Å². The lowest BCUT2D eigenvalue weighted by Gasteiger charge is -2.32. The summed E-state index contributed by atoms with van der Waals surface area (Å²) in [5.41, 5.74) is 9.32. The molecule has 0 unspecified atom stereocenters. The second kappa shape index (κ2) is 6.44. The molecule has 3 aliphatic rings. The van der Waals surface area contributed by atoms with Crippen LogP contribution >= 0.6 is 0 Å². The van der Waals surface area contributed by atoms with E-state index in [0.717, 1.165) is 16.7 Å². The Morgan fingerprint density at radius 1 is 0.647 bits per heavy atom. The fourth-order valence-electron chi connectivity index (χ4n) is 6.09. The molecule has 0 atom stereocenters. The maximum atomic E-state index is 6.48. The molecule has 34 heavy (non-hydrogen) atoms. The van der Waals surface area contributed by atoms with Gasteiger partial charge in [-0.15, -0.1) is 0 Å². The molecule has 0 saturated carbocycles. The minimum Gasteiger partial charge on any atom is -0.398 e. The Bertz CT molecular complexity index is 1430. The van der Waals surface area contributed by atoms with Crippen molar-refractivity contribution in [2.24, 2.45) is 0 Å². The van der Waals surface area contributed by atoms with Gasteiger partial charge in [-0.25, -0.2) is 0 Å². The van der Waals surface area contributed by atoms with Gasteiger partial charge in [0.25, 0.3) is 0 Å². The van der Waals surface area contributed by atoms with Crippen molar-refractivity contribution in [2.45, 2.75) is 44.3 Å². The highest BCUT2D eigenvalue weighted by Crippen LogP contribution is 2.62. The summed E-state index contributed by atoms with van der Waals surface area (Å²) in [6, 6.07) is 21.9. The Hall–Kier alpha value is -3.28. The lowest BCUT2D eigenvalue weighted by Crippen LogP contribution is -2.41. The van der Waals surface area contributed by atoms with E-state index in [9.17, 15) is 0 Å². The van der Waals surface area contributed by atoms with Crippen LogP contribution in [0.25, 0.3) is 22.3 Å². The number of hydrogen-bond donors (Lipinski definition) is 0. The number of benzene rings is 2. The molecule has 7 rings (SSSR count). The summed E-state index contributed by atoms with van der Waals surface area (Å²) >= 11 is 0. The lowest BCUT2D eigenvalue weighted by molar-refractivity contribution is 0.00578. The zero-order valence-electron chi connectivity index (χ0n) is 19.8. The quantitative estimate of drug-likeness (QED) is 0.330. The van der Waals surface area contributed by atoms with Crippen LogP contribution in [0.1, 0.15) is 49.9 Å². The van der Waals surface area contributed by atoms with Crippen LogP contribution in [0.15, 0.2) is 79.3 Å². The van der Waals surface area contributed by atoms with Gasteiger partial charge < -0.3 is 9.31 Å². The van der Waals surface area contributed by atoms with Crippen molar-refractivity contribution in [3.63, 3.8) is 0 Å². The minimum atomic E-state index is -0.546. The highest BCUT2D eigenvalue weighted by molar-refractivity contribution is 6.63. The first-order valence-electron chi connectivity index (χ1n) is 11.9. The second-order valence-electron chi connectivity index (χ2n) is 10.5. The van der Waals surface area contributed by atoms with E-state index < -0.39 is 23.7 Å². The van der Waals surface area contributed by atoms with Gasteiger partial charge in [0.2, 0.25) is 0 Å². The highest BCUT2D eigenvalue weighted by Gasteiger charge is 2.56. The van der Waals surface area contributed by atoms with E-state index in [4.69, 9.17) is 14.3 Å². The van der Waals surface area contributed by atoms with Crippen LogP contribution in [0.2, 0.25) is 0 Å². The van der Waals surface area contributed by atoms with Gasteiger partial charge in [-0.3, -0.25) is 9.97 Å². The predicted octanol–water partition coefficient (Wildman–Crippen LogP) is 5.12. The molecule has 5 heteroatoms. The second-order valence-corrected chi connectivity index (χ2v) is 10.5. The average molecular weight is 444 g/mol. The Morgan fingerprint density at radius 2 is 1.21 bits per heavy atom. The van der Waals surface area contributed by atoms with E-state index in [2.05, 4.69) is 93.3 Å². The Labute approximate surface area is 200 Å². The van der Waals surface area contributed by atoms with Crippen LogP contribution in [-0.4, -0.2) is 28.3 Å². The molecule has 166 valence electrons. The zero-order valence-corrected chi connectivity index (χ0v) is 19.8. The molecule has 1 spiro atoms. The number of aromatic nitrogens is 2. The molecule has 4 nitrogen and oxygen atoms in total. The number of fused-ring (bicyclic) bond motifs is 10. The normalized spacial score (nSPS) is 19.6. The van der Waals surface area contributed by atoms with Crippen LogP contribution in [0.5, 0.6) is 0 Å². The van der Waals surface area contributed by atoms with Crippen LogP contribution in [-0.2, 0) is 14.7 Å². The first kappa shape index (κ1) is 20.1. The summed E-state index contributed by atoms with van der Waals surface area (Å²) in [5.74, 6) is 0. The monoisotopic (exact) mass is 444 g/mol. The molecule has 0 bridgehead atoms. The highest BCUT2D eigenvalue weighted by atomic mass is 16.7. The van der Waals surface area contributed by atoms with Crippen LogP contribution in [0, 0.1) is 0 Å². The molecule has 1 fully saturated rings. The number of nitrogens with zero attached hydrogens (tertiary/aromatic N) is 2.